The summed E-state index contributed by atoms with van der Waals surface area (Å²) < 4.78 is 11.3. The molecule has 0 aromatic heterocycles. The number of aliphatic hydroxyl groups excluding tert-OH is 1. The highest BCUT2D eigenvalue weighted by molar-refractivity contribution is 5.70. The average Bonchev–Trinajstić information content (AvgIpc) is 3.32. The van der Waals surface area contributed by atoms with Crippen LogP contribution in [0.2, 0.25) is 0 Å². The molecule has 2 heterocycles. The molecule has 0 bridgehead atoms. The first-order valence-corrected chi connectivity index (χ1v) is 12.6. The molecule has 2 aliphatic heterocycles. The van der Waals surface area contributed by atoms with Gasteiger partial charge in [0.15, 0.2) is 0 Å². The van der Waals surface area contributed by atoms with Gasteiger partial charge in [-0.15, -0.1) is 0 Å². The number of allylic oxidation sites excluding steroid dienone is 2. The van der Waals surface area contributed by atoms with Gasteiger partial charge in [-0.1, -0.05) is 37.3 Å². The first-order chi connectivity index (χ1) is 16.1. The van der Waals surface area contributed by atoms with Crippen molar-refractivity contribution in [2.45, 2.75) is 89.9 Å². The Kier molecular flexibility index (Phi) is 8.99. The quantitative estimate of drug-likeness (QED) is 0.350. The van der Waals surface area contributed by atoms with Crippen LogP contribution >= 0.6 is 0 Å². The largest absolute Gasteiger partial charge is 0.457 e. The zero-order valence-corrected chi connectivity index (χ0v) is 20.9. The Morgan fingerprint density at radius 2 is 2.00 bits per heavy atom. The van der Waals surface area contributed by atoms with Gasteiger partial charge >= 0.3 is 12.1 Å². The van der Waals surface area contributed by atoms with Gasteiger partial charge in [0.2, 0.25) is 0 Å². The Balaban J connectivity index is 1.63. The highest BCUT2D eigenvalue weighted by atomic mass is 16.6. The van der Waals surface area contributed by atoms with Crippen LogP contribution in [-0.2, 0) is 14.3 Å². The van der Waals surface area contributed by atoms with Crippen LogP contribution in [0, 0.1) is 11.3 Å². The van der Waals surface area contributed by atoms with E-state index < -0.39 is 23.8 Å². The number of rotatable bonds is 5. The van der Waals surface area contributed by atoms with E-state index in [1.807, 2.05) is 38.2 Å². The number of hydrogen-bond acceptors (Lipinski definition) is 6. The van der Waals surface area contributed by atoms with Gasteiger partial charge < -0.3 is 24.6 Å². The molecule has 3 rings (SSSR count). The fourth-order valence-corrected chi connectivity index (χ4v) is 4.53. The Labute approximate surface area is 203 Å². The number of cyclic esters (lactones) is 1. The van der Waals surface area contributed by atoms with E-state index in [4.69, 9.17) is 9.47 Å². The fourth-order valence-electron chi connectivity index (χ4n) is 4.53. The van der Waals surface area contributed by atoms with Crippen molar-refractivity contribution in [3.8, 4) is 0 Å². The van der Waals surface area contributed by atoms with Crippen molar-refractivity contribution in [2.75, 3.05) is 19.7 Å². The van der Waals surface area contributed by atoms with Crippen LogP contribution < -0.4 is 0 Å². The van der Waals surface area contributed by atoms with Crippen molar-refractivity contribution in [2.24, 2.45) is 11.3 Å². The molecule has 1 aliphatic carbocycles. The molecular formula is C27H41NO6. The molecule has 2 N–H and O–H groups in total. The van der Waals surface area contributed by atoms with Gasteiger partial charge in [-0.2, -0.15) is 0 Å². The van der Waals surface area contributed by atoms with E-state index >= 15 is 0 Å². The third-order valence-electron chi connectivity index (χ3n) is 7.15. The molecule has 1 amide bonds. The van der Waals surface area contributed by atoms with E-state index in [0.29, 0.717) is 25.9 Å². The standard InChI is InChI=1S/C27H41NO6/c1-20-8-6-11-26(3,32)13-10-22(29)18-23(30)34-24(20)21(2)9-7-12-27(14-15-27)19-33-25(31)28-16-4-5-17-28/h6-9,12,20,22,24,29,32H,4-5,10-11,13-19H2,1-3H3/b8-6+,12-7+,21-9+/t20-,22+,24-,26-/m0/s1. The maximum atomic E-state index is 12.5. The summed E-state index contributed by atoms with van der Waals surface area (Å²) in [5.41, 5.74) is -0.124. The molecule has 0 unspecified atom stereocenters. The number of aliphatic hydroxyl groups is 2. The van der Waals surface area contributed by atoms with Crippen molar-refractivity contribution in [1.29, 1.82) is 0 Å². The molecule has 0 spiro atoms. The summed E-state index contributed by atoms with van der Waals surface area (Å²) in [6.45, 7) is 7.62. The van der Waals surface area contributed by atoms with Gasteiger partial charge in [0.05, 0.1) is 18.1 Å². The fraction of sp³-hybridized carbons (Fsp3) is 0.704. The Morgan fingerprint density at radius 1 is 1.29 bits per heavy atom. The van der Waals surface area contributed by atoms with Gasteiger partial charge in [0, 0.05) is 24.4 Å². The van der Waals surface area contributed by atoms with Gasteiger partial charge in [0.1, 0.15) is 12.7 Å². The van der Waals surface area contributed by atoms with Gasteiger partial charge in [-0.05, 0) is 64.4 Å². The maximum absolute atomic E-state index is 12.5. The predicted molar refractivity (Wildman–Crippen MR) is 130 cm³/mol. The molecule has 0 radical (unpaired) electrons. The lowest BCUT2D eigenvalue weighted by atomic mass is 9.91. The summed E-state index contributed by atoms with van der Waals surface area (Å²) >= 11 is 0. The van der Waals surface area contributed by atoms with Gasteiger partial charge in [-0.25, -0.2) is 4.79 Å². The number of carbonyl (C=O) groups is 2. The minimum atomic E-state index is -0.916. The number of nitrogens with zero attached hydrogens (tertiary/aromatic N) is 1. The Hall–Kier alpha value is -2.12. The van der Waals surface area contributed by atoms with Crippen LogP contribution in [0.5, 0.6) is 0 Å². The summed E-state index contributed by atoms with van der Waals surface area (Å²) in [5.74, 6) is -0.528. The molecule has 1 saturated heterocycles. The van der Waals surface area contributed by atoms with Crippen molar-refractivity contribution in [3.05, 3.63) is 36.0 Å². The van der Waals surface area contributed by atoms with Gasteiger partial charge in [-0.3, -0.25) is 4.79 Å². The smallest absolute Gasteiger partial charge is 0.409 e. The molecule has 0 aromatic carbocycles. The number of amides is 1. The summed E-state index contributed by atoms with van der Waals surface area (Å²) in [4.78, 5) is 26.4. The second-order valence-corrected chi connectivity index (χ2v) is 10.7. The van der Waals surface area contributed by atoms with E-state index in [2.05, 4.69) is 6.08 Å². The van der Waals surface area contributed by atoms with Crippen molar-refractivity contribution < 1.29 is 29.3 Å². The molecule has 0 aromatic rings. The molecule has 190 valence electrons. The lowest BCUT2D eigenvalue weighted by molar-refractivity contribution is -0.151. The monoisotopic (exact) mass is 475 g/mol. The van der Waals surface area contributed by atoms with Crippen LogP contribution in [-0.4, -0.2) is 64.7 Å². The molecule has 3 aliphatic rings. The third kappa shape index (κ3) is 7.98. The number of likely N-dealkylation sites (tertiary alicyclic amines) is 1. The zero-order chi connectivity index (χ0) is 24.8. The lowest BCUT2D eigenvalue weighted by Crippen LogP contribution is -2.30. The van der Waals surface area contributed by atoms with E-state index in [9.17, 15) is 19.8 Å². The number of esters is 1. The Morgan fingerprint density at radius 3 is 2.68 bits per heavy atom. The molecule has 2 fully saturated rings. The van der Waals surface area contributed by atoms with Crippen molar-refractivity contribution in [1.82, 2.24) is 4.90 Å². The van der Waals surface area contributed by atoms with Crippen LogP contribution in [0.1, 0.15) is 72.1 Å². The van der Waals surface area contributed by atoms with E-state index in [-0.39, 0.29) is 23.8 Å². The molecule has 7 nitrogen and oxygen atoms in total. The maximum Gasteiger partial charge on any atom is 0.409 e. The summed E-state index contributed by atoms with van der Waals surface area (Å²) in [6.07, 6.45) is 13.6. The average molecular weight is 476 g/mol. The first-order valence-electron chi connectivity index (χ1n) is 12.6. The first kappa shape index (κ1) is 26.5. The second kappa shape index (κ2) is 11.5. The SMILES string of the molecule is C/C(=C\C=C\C1(COC(=O)N2CCCC2)CC1)[C@H]1OC(=O)C[C@H](O)CC[C@@](C)(O)C/C=C/[C@@H]1C. The predicted octanol–water partition coefficient (Wildman–Crippen LogP) is 4.29. The van der Waals surface area contributed by atoms with Crippen LogP contribution in [0.4, 0.5) is 4.79 Å². The second-order valence-electron chi connectivity index (χ2n) is 10.7. The summed E-state index contributed by atoms with van der Waals surface area (Å²) in [5, 5.41) is 20.7. The summed E-state index contributed by atoms with van der Waals surface area (Å²) in [7, 11) is 0. The number of ether oxygens (including phenoxy) is 2. The van der Waals surface area contributed by atoms with E-state index in [0.717, 1.165) is 44.3 Å². The molecule has 34 heavy (non-hydrogen) atoms. The topological polar surface area (TPSA) is 96.3 Å². The zero-order valence-electron chi connectivity index (χ0n) is 20.9. The van der Waals surface area contributed by atoms with Gasteiger partial charge in [0.25, 0.3) is 0 Å². The highest BCUT2D eigenvalue weighted by Gasteiger charge is 2.41. The third-order valence-corrected chi connectivity index (χ3v) is 7.15. The molecular weight excluding hydrogens is 434 g/mol. The lowest BCUT2D eigenvalue weighted by Gasteiger charge is -2.27. The van der Waals surface area contributed by atoms with Crippen molar-refractivity contribution in [3.63, 3.8) is 0 Å². The number of carbonyl (C=O) groups excluding carboxylic acids is 2. The van der Waals surface area contributed by atoms with Crippen LogP contribution in [0.25, 0.3) is 0 Å². The summed E-state index contributed by atoms with van der Waals surface area (Å²) in [6, 6.07) is 0. The molecule has 1 saturated carbocycles. The molecule has 7 heteroatoms. The molecule has 4 atom stereocenters. The van der Waals surface area contributed by atoms with Crippen molar-refractivity contribution >= 4 is 12.1 Å². The van der Waals surface area contributed by atoms with Crippen LogP contribution in [0.15, 0.2) is 36.0 Å². The van der Waals surface area contributed by atoms with E-state index in [1.54, 1.807) is 11.8 Å². The normalized spacial score (nSPS) is 33.7. The minimum absolute atomic E-state index is 0.0857. The van der Waals surface area contributed by atoms with Crippen LogP contribution in [0.3, 0.4) is 0 Å². The Bertz CT molecular complexity index is 804. The number of hydrogen-bond donors (Lipinski definition) is 2. The highest BCUT2D eigenvalue weighted by Crippen LogP contribution is 2.47. The minimum Gasteiger partial charge on any atom is -0.457 e. The van der Waals surface area contributed by atoms with E-state index in [1.165, 1.54) is 0 Å².